The van der Waals surface area contributed by atoms with Crippen molar-refractivity contribution in [3.05, 3.63) is 48.1 Å². The molecule has 2 heterocycles. The number of rotatable bonds is 3. The molecule has 3 saturated carbocycles. The van der Waals surface area contributed by atoms with Crippen LogP contribution < -0.4 is 0 Å². The first kappa shape index (κ1) is 21.2. The lowest BCUT2D eigenvalue weighted by atomic mass is 9.47. The Labute approximate surface area is 196 Å². The SMILES string of the molecule is C=C1[C@H]2CC[C@H]3[C@@H]4CC=C5CC(OC(=O)C(=O)c6ccco6)CCC5(C)C4CC[C@]23CN1C. The fourth-order valence-corrected chi connectivity index (χ4v) is 8.87. The highest BCUT2D eigenvalue weighted by Gasteiger charge is 2.63. The van der Waals surface area contributed by atoms with Crippen molar-refractivity contribution in [2.24, 2.45) is 34.5 Å². The van der Waals surface area contributed by atoms with E-state index < -0.39 is 11.8 Å². The van der Waals surface area contributed by atoms with E-state index in [2.05, 4.69) is 31.5 Å². The minimum atomic E-state index is -0.796. The number of ether oxygens (including phenoxy) is 1. The molecule has 1 aromatic heterocycles. The molecule has 5 nitrogen and oxygen atoms in total. The molecule has 0 amide bonds. The maximum atomic E-state index is 12.4. The van der Waals surface area contributed by atoms with Crippen molar-refractivity contribution in [3.8, 4) is 0 Å². The third kappa shape index (κ3) is 2.96. The van der Waals surface area contributed by atoms with Gasteiger partial charge in [0, 0.05) is 31.6 Å². The molecule has 4 aliphatic carbocycles. The summed E-state index contributed by atoms with van der Waals surface area (Å²) in [4.78, 5) is 27.1. The van der Waals surface area contributed by atoms with Gasteiger partial charge < -0.3 is 14.1 Å². The molecule has 5 aliphatic rings. The fourth-order valence-electron chi connectivity index (χ4n) is 8.87. The summed E-state index contributed by atoms with van der Waals surface area (Å²) in [6, 6.07) is 3.11. The summed E-state index contributed by atoms with van der Waals surface area (Å²) < 4.78 is 10.7. The van der Waals surface area contributed by atoms with Crippen molar-refractivity contribution in [2.45, 2.75) is 64.4 Å². The van der Waals surface area contributed by atoms with E-state index in [1.807, 2.05) is 0 Å². The molecule has 0 radical (unpaired) electrons. The van der Waals surface area contributed by atoms with Crippen LogP contribution in [0.5, 0.6) is 0 Å². The number of furan rings is 1. The zero-order valence-electron chi connectivity index (χ0n) is 19.8. The van der Waals surface area contributed by atoms with E-state index in [0.717, 1.165) is 37.5 Å². The number of esters is 1. The molecule has 6 rings (SSSR count). The Morgan fingerprint density at radius 2 is 2.03 bits per heavy atom. The van der Waals surface area contributed by atoms with Crippen molar-refractivity contribution in [3.63, 3.8) is 0 Å². The number of hydrogen-bond donors (Lipinski definition) is 0. The van der Waals surface area contributed by atoms with Gasteiger partial charge in [0.1, 0.15) is 6.10 Å². The molecule has 1 aromatic rings. The molecule has 3 unspecified atom stereocenters. The van der Waals surface area contributed by atoms with Crippen LogP contribution >= 0.6 is 0 Å². The van der Waals surface area contributed by atoms with Crippen molar-refractivity contribution in [2.75, 3.05) is 13.6 Å². The highest BCUT2D eigenvalue weighted by molar-refractivity contribution is 6.39. The van der Waals surface area contributed by atoms with E-state index in [9.17, 15) is 9.59 Å². The van der Waals surface area contributed by atoms with Gasteiger partial charge in [0.25, 0.3) is 0 Å². The standard InChI is InChI=1S/C28H35NO4/c1-17-21-8-9-23-20-7-6-18-15-19(33-26(31)25(30)24-5-4-14-32-24)10-12-27(18,2)22(20)11-13-28(21,23)16-29(17)3/h4-6,14,19-23H,1,7-13,15-16H2,2-3H3/t19?,20-,21-,22?,23+,27?,28+/m1/s1. The highest BCUT2D eigenvalue weighted by Crippen LogP contribution is 2.69. The maximum absolute atomic E-state index is 12.4. The Morgan fingerprint density at radius 1 is 1.18 bits per heavy atom. The molecule has 1 aliphatic heterocycles. The first-order valence-electron chi connectivity index (χ1n) is 12.7. The number of hydrogen-bond acceptors (Lipinski definition) is 5. The second kappa shape index (κ2) is 7.35. The first-order valence-corrected chi connectivity index (χ1v) is 12.7. The molecule has 7 atom stereocenters. The van der Waals surface area contributed by atoms with Crippen LogP contribution in [0.15, 0.2) is 46.7 Å². The van der Waals surface area contributed by atoms with Gasteiger partial charge in [-0.3, -0.25) is 4.79 Å². The van der Waals surface area contributed by atoms with Crippen molar-refractivity contribution >= 4 is 11.8 Å². The predicted molar refractivity (Wildman–Crippen MR) is 124 cm³/mol. The van der Waals surface area contributed by atoms with Gasteiger partial charge >= 0.3 is 11.8 Å². The first-order chi connectivity index (χ1) is 15.8. The second-order valence-electron chi connectivity index (χ2n) is 11.6. The van der Waals surface area contributed by atoms with Gasteiger partial charge in [-0.05, 0) is 85.7 Å². The minimum Gasteiger partial charge on any atom is -0.461 e. The molecular formula is C28H35NO4. The van der Waals surface area contributed by atoms with Crippen LogP contribution in [0, 0.1) is 34.5 Å². The molecule has 0 bridgehead atoms. The molecule has 0 N–H and O–H groups in total. The highest BCUT2D eigenvalue weighted by atomic mass is 16.5. The Bertz CT molecular complexity index is 1020. The van der Waals surface area contributed by atoms with Crippen molar-refractivity contribution in [1.82, 2.24) is 4.90 Å². The van der Waals surface area contributed by atoms with Gasteiger partial charge in [0.15, 0.2) is 5.76 Å². The van der Waals surface area contributed by atoms with Crippen molar-refractivity contribution in [1.29, 1.82) is 0 Å². The molecule has 1 spiro atoms. The minimum absolute atomic E-state index is 0.0478. The Hall–Kier alpha value is -2.30. The number of ketones is 1. The normalized spacial score (nSPS) is 41.5. The molecule has 33 heavy (non-hydrogen) atoms. The lowest BCUT2D eigenvalue weighted by Gasteiger charge is -2.57. The zero-order chi connectivity index (χ0) is 23.0. The third-order valence-corrected chi connectivity index (χ3v) is 10.4. The zero-order valence-corrected chi connectivity index (χ0v) is 19.8. The lowest BCUT2D eigenvalue weighted by molar-refractivity contribution is -0.145. The van der Waals surface area contributed by atoms with Crippen LogP contribution in [0.2, 0.25) is 0 Å². The summed E-state index contributed by atoms with van der Waals surface area (Å²) in [6.45, 7) is 8.11. The number of likely N-dealkylation sites (tertiary alicyclic amines) is 1. The van der Waals surface area contributed by atoms with E-state index in [1.54, 1.807) is 6.07 Å². The van der Waals surface area contributed by atoms with E-state index >= 15 is 0 Å². The van der Waals surface area contributed by atoms with E-state index in [-0.39, 0.29) is 17.3 Å². The Balaban J connectivity index is 1.19. The Morgan fingerprint density at radius 3 is 2.82 bits per heavy atom. The summed E-state index contributed by atoms with van der Waals surface area (Å²) in [7, 11) is 2.23. The van der Waals surface area contributed by atoms with Gasteiger partial charge in [-0.25, -0.2) is 4.79 Å². The number of carbonyl (C=O) groups is 2. The topological polar surface area (TPSA) is 59.8 Å². The molecule has 5 heteroatoms. The van der Waals surface area contributed by atoms with E-state index in [1.165, 1.54) is 55.8 Å². The van der Waals surface area contributed by atoms with Gasteiger partial charge in [-0.2, -0.15) is 0 Å². The summed E-state index contributed by atoms with van der Waals surface area (Å²) in [6.07, 6.45) is 12.7. The average Bonchev–Trinajstić information content (AvgIpc) is 3.50. The summed E-state index contributed by atoms with van der Waals surface area (Å²) >= 11 is 0. The second-order valence-corrected chi connectivity index (χ2v) is 11.6. The Kier molecular flexibility index (Phi) is 4.73. The van der Waals surface area contributed by atoms with Gasteiger partial charge in [0.2, 0.25) is 0 Å². The summed E-state index contributed by atoms with van der Waals surface area (Å²) in [5.41, 5.74) is 3.48. The van der Waals surface area contributed by atoms with Gasteiger partial charge in [0.05, 0.1) is 6.26 Å². The smallest absolute Gasteiger partial charge is 0.383 e. The molecular weight excluding hydrogens is 414 g/mol. The maximum Gasteiger partial charge on any atom is 0.383 e. The monoisotopic (exact) mass is 449 g/mol. The third-order valence-electron chi connectivity index (χ3n) is 10.4. The fraction of sp³-hybridized carbons (Fsp3) is 0.643. The van der Waals surface area contributed by atoms with E-state index in [4.69, 9.17) is 9.15 Å². The average molecular weight is 450 g/mol. The van der Waals surface area contributed by atoms with Gasteiger partial charge in [-0.15, -0.1) is 0 Å². The summed E-state index contributed by atoms with van der Waals surface area (Å²) in [5, 5.41) is 0. The van der Waals surface area contributed by atoms with Gasteiger partial charge in [-0.1, -0.05) is 25.2 Å². The quantitative estimate of drug-likeness (QED) is 0.268. The predicted octanol–water partition coefficient (Wildman–Crippen LogP) is 5.39. The molecule has 176 valence electrons. The van der Waals surface area contributed by atoms with E-state index in [0.29, 0.717) is 17.3 Å². The number of nitrogens with zero attached hydrogens (tertiary/aromatic N) is 1. The number of fused-ring (bicyclic) bond motifs is 4. The summed E-state index contributed by atoms with van der Waals surface area (Å²) in [5.74, 6) is 1.53. The molecule has 4 fully saturated rings. The van der Waals surface area contributed by atoms with Crippen LogP contribution in [0.4, 0.5) is 0 Å². The van der Waals surface area contributed by atoms with Crippen LogP contribution in [0.3, 0.4) is 0 Å². The van der Waals surface area contributed by atoms with Crippen LogP contribution in [0.25, 0.3) is 0 Å². The van der Waals surface area contributed by atoms with Crippen molar-refractivity contribution < 1.29 is 18.7 Å². The number of allylic oxidation sites excluding steroid dienone is 2. The molecule has 0 aromatic carbocycles. The largest absolute Gasteiger partial charge is 0.461 e. The van der Waals surface area contributed by atoms with Crippen LogP contribution in [-0.4, -0.2) is 36.3 Å². The molecule has 1 saturated heterocycles. The van der Waals surface area contributed by atoms with Crippen LogP contribution in [-0.2, 0) is 9.53 Å². The lowest BCUT2D eigenvalue weighted by Crippen LogP contribution is -2.51. The number of Topliss-reactive ketones (excluding diaryl/α,β-unsaturated/α-hetero) is 1. The number of carbonyl (C=O) groups excluding carboxylic acids is 2. The van der Waals surface area contributed by atoms with Crippen LogP contribution in [0.1, 0.15) is 68.8 Å².